The molecule has 1 aliphatic rings. The fourth-order valence-electron chi connectivity index (χ4n) is 2.83. The summed E-state index contributed by atoms with van der Waals surface area (Å²) < 4.78 is 0. The number of aromatic amines is 1. The predicted octanol–water partition coefficient (Wildman–Crippen LogP) is 2.50. The second-order valence-electron chi connectivity index (χ2n) is 5.61. The predicted molar refractivity (Wildman–Crippen MR) is 94.3 cm³/mol. The molecule has 4 heterocycles. The molecule has 122 valence electrons. The fraction of sp³-hybridized carbons (Fsp3) is 0.235. The van der Waals surface area contributed by atoms with Gasteiger partial charge in [-0.15, -0.1) is 11.3 Å². The van der Waals surface area contributed by atoms with E-state index in [2.05, 4.69) is 20.1 Å². The molecule has 0 saturated carbocycles. The largest absolute Gasteiger partial charge is 0.353 e. The summed E-state index contributed by atoms with van der Waals surface area (Å²) in [6.07, 6.45) is 1.79. The third-order valence-corrected chi connectivity index (χ3v) is 5.03. The maximum atomic E-state index is 12.6. The summed E-state index contributed by atoms with van der Waals surface area (Å²) in [5.74, 6) is 0.944. The average molecular weight is 339 g/mol. The quantitative estimate of drug-likeness (QED) is 0.796. The highest BCUT2D eigenvalue weighted by Gasteiger charge is 2.24. The Balaban J connectivity index is 1.41. The van der Waals surface area contributed by atoms with Gasteiger partial charge in [0.15, 0.2) is 5.69 Å². The van der Waals surface area contributed by atoms with Crippen LogP contribution in [0.5, 0.6) is 0 Å². The van der Waals surface area contributed by atoms with Crippen molar-refractivity contribution in [1.29, 1.82) is 0 Å². The number of thiophene rings is 1. The Morgan fingerprint density at radius 2 is 2.00 bits per heavy atom. The van der Waals surface area contributed by atoms with Crippen molar-refractivity contribution in [3.8, 4) is 10.6 Å². The van der Waals surface area contributed by atoms with Crippen molar-refractivity contribution in [3.05, 3.63) is 53.7 Å². The Hall–Kier alpha value is -2.67. The van der Waals surface area contributed by atoms with Crippen molar-refractivity contribution in [1.82, 2.24) is 20.1 Å². The van der Waals surface area contributed by atoms with Crippen LogP contribution in [-0.4, -0.2) is 52.2 Å². The monoisotopic (exact) mass is 339 g/mol. The smallest absolute Gasteiger partial charge is 0.274 e. The number of carbonyl (C=O) groups excluding carboxylic acids is 1. The zero-order valence-electron chi connectivity index (χ0n) is 13.1. The van der Waals surface area contributed by atoms with E-state index in [9.17, 15) is 4.79 Å². The molecule has 0 spiro atoms. The lowest BCUT2D eigenvalue weighted by Gasteiger charge is -2.35. The number of nitrogens with one attached hydrogen (secondary N) is 1. The highest BCUT2D eigenvalue weighted by atomic mass is 32.1. The zero-order valence-corrected chi connectivity index (χ0v) is 13.9. The molecule has 1 saturated heterocycles. The number of H-pyrrole nitrogens is 1. The van der Waals surface area contributed by atoms with E-state index in [-0.39, 0.29) is 5.91 Å². The molecule has 3 aromatic heterocycles. The lowest BCUT2D eigenvalue weighted by molar-refractivity contribution is 0.0740. The molecular formula is C17H17N5OS. The molecule has 0 radical (unpaired) electrons. The van der Waals surface area contributed by atoms with Gasteiger partial charge in [-0.05, 0) is 29.6 Å². The van der Waals surface area contributed by atoms with Crippen LogP contribution in [0.1, 0.15) is 10.5 Å². The first-order valence-electron chi connectivity index (χ1n) is 7.86. The van der Waals surface area contributed by atoms with Gasteiger partial charge in [0.2, 0.25) is 0 Å². The number of hydrogen-bond donors (Lipinski definition) is 1. The van der Waals surface area contributed by atoms with Crippen LogP contribution < -0.4 is 4.90 Å². The molecule has 0 aliphatic carbocycles. The highest BCUT2D eigenvalue weighted by Crippen LogP contribution is 2.23. The molecule has 3 aromatic rings. The number of pyridine rings is 1. The van der Waals surface area contributed by atoms with Crippen LogP contribution in [0.2, 0.25) is 0 Å². The minimum absolute atomic E-state index is 0.0188. The first-order chi connectivity index (χ1) is 11.8. The van der Waals surface area contributed by atoms with E-state index >= 15 is 0 Å². The fourth-order valence-corrected chi connectivity index (χ4v) is 3.52. The Morgan fingerprint density at radius 3 is 2.71 bits per heavy atom. The van der Waals surface area contributed by atoms with Gasteiger partial charge < -0.3 is 9.80 Å². The van der Waals surface area contributed by atoms with Gasteiger partial charge in [-0.25, -0.2) is 4.98 Å². The summed E-state index contributed by atoms with van der Waals surface area (Å²) in [6.45, 7) is 2.92. The van der Waals surface area contributed by atoms with E-state index in [1.54, 1.807) is 17.5 Å². The lowest BCUT2D eigenvalue weighted by Crippen LogP contribution is -2.49. The molecule has 24 heavy (non-hydrogen) atoms. The van der Waals surface area contributed by atoms with E-state index in [0.717, 1.165) is 29.5 Å². The van der Waals surface area contributed by atoms with E-state index in [1.165, 1.54) is 0 Å². The lowest BCUT2D eigenvalue weighted by atomic mass is 10.2. The number of rotatable bonds is 3. The molecule has 0 bridgehead atoms. The second-order valence-corrected chi connectivity index (χ2v) is 6.56. The highest BCUT2D eigenvalue weighted by molar-refractivity contribution is 7.13. The number of aromatic nitrogens is 3. The third kappa shape index (κ3) is 2.90. The van der Waals surface area contributed by atoms with Crippen LogP contribution in [0.25, 0.3) is 10.6 Å². The van der Waals surface area contributed by atoms with Gasteiger partial charge in [0.25, 0.3) is 5.91 Å². The summed E-state index contributed by atoms with van der Waals surface area (Å²) in [5, 5.41) is 9.15. The van der Waals surface area contributed by atoms with Crippen molar-refractivity contribution in [2.75, 3.05) is 31.1 Å². The summed E-state index contributed by atoms with van der Waals surface area (Å²) in [4.78, 5) is 22.1. The molecule has 1 fully saturated rings. The molecule has 6 nitrogen and oxygen atoms in total. The first kappa shape index (κ1) is 14.9. The van der Waals surface area contributed by atoms with Crippen molar-refractivity contribution < 1.29 is 4.79 Å². The molecule has 7 heteroatoms. The van der Waals surface area contributed by atoms with Crippen molar-refractivity contribution in [2.24, 2.45) is 0 Å². The number of carbonyl (C=O) groups is 1. The first-order valence-corrected chi connectivity index (χ1v) is 8.74. The van der Waals surface area contributed by atoms with Crippen LogP contribution in [0.4, 0.5) is 5.82 Å². The van der Waals surface area contributed by atoms with Gasteiger partial charge in [-0.3, -0.25) is 9.89 Å². The normalized spacial score (nSPS) is 14.8. The standard InChI is InChI=1S/C17H17N5OS/c23-17(14-12-13(19-20-14)15-4-3-11-24-15)22-9-7-21(8-10-22)16-5-1-2-6-18-16/h1-6,11-12H,7-10H2,(H,19,20). The summed E-state index contributed by atoms with van der Waals surface area (Å²) >= 11 is 1.62. The van der Waals surface area contributed by atoms with Crippen molar-refractivity contribution in [3.63, 3.8) is 0 Å². The van der Waals surface area contributed by atoms with Crippen molar-refractivity contribution in [2.45, 2.75) is 0 Å². The van der Waals surface area contributed by atoms with Crippen LogP contribution >= 0.6 is 11.3 Å². The topological polar surface area (TPSA) is 65.1 Å². The Bertz CT molecular complexity index is 807. The molecule has 1 amide bonds. The summed E-state index contributed by atoms with van der Waals surface area (Å²) in [6, 6.07) is 11.7. The number of nitrogens with zero attached hydrogens (tertiary/aromatic N) is 4. The maximum absolute atomic E-state index is 12.6. The van der Waals surface area contributed by atoms with Crippen LogP contribution in [0.3, 0.4) is 0 Å². The number of piperazine rings is 1. The van der Waals surface area contributed by atoms with Gasteiger partial charge in [0, 0.05) is 32.4 Å². The zero-order chi connectivity index (χ0) is 16.4. The SMILES string of the molecule is O=C(c1cc(-c2cccs2)[nH]n1)N1CCN(c2ccccn2)CC1. The number of hydrogen-bond acceptors (Lipinski definition) is 5. The van der Waals surface area contributed by atoms with Crippen LogP contribution in [-0.2, 0) is 0 Å². The van der Waals surface area contributed by atoms with Gasteiger partial charge in [0.05, 0.1) is 10.6 Å². The molecule has 1 aliphatic heterocycles. The molecule has 0 atom stereocenters. The van der Waals surface area contributed by atoms with Crippen LogP contribution in [0.15, 0.2) is 48.0 Å². The van der Waals surface area contributed by atoms with E-state index in [4.69, 9.17) is 0 Å². The Labute approximate surface area is 143 Å². The molecule has 0 aromatic carbocycles. The van der Waals surface area contributed by atoms with Crippen molar-refractivity contribution >= 4 is 23.1 Å². The number of anilines is 1. The Kier molecular flexibility index (Phi) is 4.00. The summed E-state index contributed by atoms with van der Waals surface area (Å²) in [5.41, 5.74) is 1.37. The minimum Gasteiger partial charge on any atom is -0.353 e. The van der Waals surface area contributed by atoms with Gasteiger partial charge in [0.1, 0.15) is 5.82 Å². The average Bonchev–Trinajstić information content (AvgIpc) is 3.33. The van der Waals surface area contributed by atoms with Gasteiger partial charge in [-0.1, -0.05) is 12.1 Å². The minimum atomic E-state index is -0.0188. The van der Waals surface area contributed by atoms with Crippen LogP contribution in [0, 0.1) is 0 Å². The van der Waals surface area contributed by atoms with Gasteiger partial charge in [-0.2, -0.15) is 5.10 Å². The molecule has 4 rings (SSSR count). The van der Waals surface area contributed by atoms with E-state index in [1.807, 2.05) is 46.7 Å². The third-order valence-electron chi connectivity index (χ3n) is 4.12. The molecular weight excluding hydrogens is 322 g/mol. The molecule has 0 unspecified atom stereocenters. The maximum Gasteiger partial charge on any atom is 0.274 e. The van der Waals surface area contributed by atoms with E-state index in [0.29, 0.717) is 18.8 Å². The Morgan fingerprint density at radius 1 is 1.12 bits per heavy atom. The van der Waals surface area contributed by atoms with Gasteiger partial charge >= 0.3 is 0 Å². The second kappa shape index (κ2) is 6.45. The summed E-state index contributed by atoms with van der Waals surface area (Å²) in [7, 11) is 0. The molecule has 1 N–H and O–H groups in total. The number of amides is 1. The van der Waals surface area contributed by atoms with E-state index < -0.39 is 0 Å².